The first-order chi connectivity index (χ1) is 14.0. The summed E-state index contributed by atoms with van der Waals surface area (Å²) >= 11 is 0. The van der Waals surface area contributed by atoms with E-state index in [-0.39, 0.29) is 22.5 Å². The number of rotatable bonds is 5. The Morgan fingerprint density at radius 1 is 1.20 bits per heavy atom. The van der Waals surface area contributed by atoms with Gasteiger partial charge in [-0.2, -0.15) is 0 Å². The van der Waals surface area contributed by atoms with Gasteiger partial charge >= 0.3 is 0 Å². The number of fused-ring (bicyclic) bond motifs is 5. The van der Waals surface area contributed by atoms with Gasteiger partial charge in [-0.1, -0.05) is 52.2 Å². The second-order valence-corrected chi connectivity index (χ2v) is 11.9. The molecule has 3 nitrogen and oxygen atoms in total. The minimum absolute atomic E-state index is 0.0426. The van der Waals surface area contributed by atoms with Crippen LogP contribution in [0, 0.1) is 40.4 Å². The summed E-state index contributed by atoms with van der Waals surface area (Å²) in [6.45, 7) is 11.0. The molecular weight excluding hydrogens is 372 g/mol. The Labute approximate surface area is 182 Å². The number of allylic oxidation sites excluding steroid dienone is 4. The van der Waals surface area contributed by atoms with E-state index < -0.39 is 5.60 Å². The Morgan fingerprint density at radius 3 is 2.63 bits per heavy atom. The zero-order valence-electron chi connectivity index (χ0n) is 19.5. The molecule has 0 bridgehead atoms. The topological polar surface area (TPSA) is 54.4 Å². The van der Waals surface area contributed by atoms with Crippen molar-refractivity contribution in [2.45, 2.75) is 91.6 Å². The molecule has 3 fully saturated rings. The molecule has 30 heavy (non-hydrogen) atoms. The highest BCUT2D eigenvalue weighted by Gasteiger charge is 2.64. The van der Waals surface area contributed by atoms with Gasteiger partial charge in [-0.25, -0.2) is 0 Å². The average Bonchev–Trinajstić information content (AvgIpc) is 2.92. The van der Waals surface area contributed by atoms with Crippen LogP contribution in [0.5, 0.6) is 0 Å². The zero-order chi connectivity index (χ0) is 21.9. The monoisotopic (exact) mass is 412 g/mol. The number of carbonyl (C=O) groups excluding carboxylic acids is 2. The molecule has 0 unspecified atom stereocenters. The maximum Gasteiger partial charge on any atom is 0.178 e. The summed E-state index contributed by atoms with van der Waals surface area (Å²) in [5.74, 6) is 2.15. The normalized spacial score (nSPS) is 42.4. The van der Waals surface area contributed by atoms with E-state index in [0.29, 0.717) is 42.3 Å². The number of carbonyl (C=O) groups is 2. The first-order valence-electron chi connectivity index (χ1n) is 12.2. The third-order valence-corrected chi connectivity index (χ3v) is 9.48. The van der Waals surface area contributed by atoms with Gasteiger partial charge in [0.2, 0.25) is 0 Å². The Kier molecular flexibility index (Phi) is 5.45. The van der Waals surface area contributed by atoms with Gasteiger partial charge < -0.3 is 5.11 Å². The third-order valence-electron chi connectivity index (χ3n) is 9.48. The van der Waals surface area contributed by atoms with Crippen LogP contribution in [-0.2, 0) is 9.59 Å². The lowest BCUT2D eigenvalue weighted by molar-refractivity contribution is -0.138. The maximum absolute atomic E-state index is 13.3. The Balaban J connectivity index is 1.59. The molecule has 3 heteroatoms. The first-order valence-corrected chi connectivity index (χ1v) is 12.2. The van der Waals surface area contributed by atoms with E-state index in [1.165, 1.54) is 5.57 Å². The molecule has 3 saturated carbocycles. The van der Waals surface area contributed by atoms with Crippen LogP contribution in [0.15, 0.2) is 23.8 Å². The number of ketones is 2. The molecule has 0 aromatic heterocycles. The predicted octanol–water partition coefficient (Wildman–Crippen LogP) is 5.67. The quantitative estimate of drug-likeness (QED) is 0.633. The number of aliphatic hydroxyl groups is 1. The molecule has 166 valence electrons. The number of hydrogen-bond acceptors (Lipinski definition) is 3. The van der Waals surface area contributed by atoms with E-state index in [9.17, 15) is 14.7 Å². The van der Waals surface area contributed by atoms with Crippen molar-refractivity contribution in [3.63, 3.8) is 0 Å². The van der Waals surface area contributed by atoms with E-state index >= 15 is 0 Å². The Bertz CT molecular complexity index is 788. The van der Waals surface area contributed by atoms with Crippen molar-refractivity contribution >= 4 is 11.6 Å². The lowest BCUT2D eigenvalue weighted by atomic mass is 9.47. The summed E-state index contributed by atoms with van der Waals surface area (Å²) in [5, 5.41) is 11.5. The molecule has 4 aliphatic carbocycles. The molecule has 4 rings (SSSR count). The van der Waals surface area contributed by atoms with Gasteiger partial charge in [-0.05, 0) is 80.3 Å². The molecule has 4 aliphatic rings. The number of hydrogen-bond donors (Lipinski definition) is 1. The highest BCUT2D eigenvalue weighted by atomic mass is 16.3. The van der Waals surface area contributed by atoms with Crippen LogP contribution in [0.1, 0.15) is 86.0 Å². The van der Waals surface area contributed by atoms with Crippen LogP contribution < -0.4 is 0 Å². The maximum atomic E-state index is 13.3. The summed E-state index contributed by atoms with van der Waals surface area (Å²) < 4.78 is 0. The van der Waals surface area contributed by atoms with Crippen LogP contribution >= 0.6 is 0 Å². The van der Waals surface area contributed by atoms with Gasteiger partial charge in [-0.3, -0.25) is 9.59 Å². The molecule has 0 spiro atoms. The fraction of sp³-hybridized carbons (Fsp3) is 0.778. The summed E-state index contributed by atoms with van der Waals surface area (Å²) in [6.07, 6.45) is 13.3. The molecule has 0 saturated heterocycles. The highest BCUT2D eigenvalue weighted by Crippen LogP contribution is 2.66. The van der Waals surface area contributed by atoms with Crippen molar-refractivity contribution in [3.8, 4) is 0 Å². The van der Waals surface area contributed by atoms with E-state index in [1.54, 1.807) is 6.08 Å². The molecule has 0 aromatic carbocycles. The van der Waals surface area contributed by atoms with Gasteiger partial charge in [0.25, 0.3) is 0 Å². The Morgan fingerprint density at radius 2 is 1.93 bits per heavy atom. The summed E-state index contributed by atoms with van der Waals surface area (Å²) in [6, 6.07) is 0. The molecular formula is C27H40O3. The fourth-order valence-electron chi connectivity index (χ4n) is 8.06. The highest BCUT2D eigenvalue weighted by molar-refractivity contribution is 6.01. The smallest absolute Gasteiger partial charge is 0.178 e. The summed E-state index contributed by atoms with van der Waals surface area (Å²) in [5.41, 5.74) is 0.231. The second kappa shape index (κ2) is 7.43. The van der Waals surface area contributed by atoms with Crippen molar-refractivity contribution in [1.82, 2.24) is 0 Å². The van der Waals surface area contributed by atoms with Gasteiger partial charge in [0.05, 0.1) is 11.5 Å². The van der Waals surface area contributed by atoms with Gasteiger partial charge in [0.1, 0.15) is 5.78 Å². The molecule has 0 aliphatic heterocycles. The zero-order valence-corrected chi connectivity index (χ0v) is 19.5. The van der Waals surface area contributed by atoms with Crippen LogP contribution in [-0.4, -0.2) is 22.3 Å². The van der Waals surface area contributed by atoms with E-state index in [1.807, 2.05) is 13.0 Å². The van der Waals surface area contributed by atoms with E-state index in [2.05, 4.69) is 33.8 Å². The van der Waals surface area contributed by atoms with Crippen LogP contribution in [0.4, 0.5) is 0 Å². The summed E-state index contributed by atoms with van der Waals surface area (Å²) in [4.78, 5) is 25.3. The first kappa shape index (κ1) is 22.0. The summed E-state index contributed by atoms with van der Waals surface area (Å²) in [7, 11) is 0. The van der Waals surface area contributed by atoms with Crippen LogP contribution in [0.2, 0.25) is 0 Å². The van der Waals surface area contributed by atoms with E-state index in [0.717, 1.165) is 38.5 Å². The van der Waals surface area contributed by atoms with Crippen LogP contribution in [0.25, 0.3) is 0 Å². The van der Waals surface area contributed by atoms with Crippen molar-refractivity contribution in [1.29, 1.82) is 0 Å². The Hall–Kier alpha value is -1.22. The number of Topliss-reactive ketones (excluding diaryl/α,β-unsaturated/α-hetero) is 1. The minimum atomic E-state index is -0.914. The average molecular weight is 413 g/mol. The van der Waals surface area contributed by atoms with E-state index in [4.69, 9.17) is 0 Å². The lowest BCUT2D eigenvalue weighted by Gasteiger charge is -2.57. The van der Waals surface area contributed by atoms with Crippen LogP contribution in [0.3, 0.4) is 0 Å². The molecule has 0 heterocycles. The molecule has 0 amide bonds. The van der Waals surface area contributed by atoms with Crippen molar-refractivity contribution in [3.05, 3.63) is 23.8 Å². The molecule has 0 radical (unpaired) electrons. The molecule has 1 N–H and O–H groups in total. The molecule has 0 aromatic rings. The van der Waals surface area contributed by atoms with Crippen molar-refractivity contribution < 1.29 is 14.7 Å². The van der Waals surface area contributed by atoms with Gasteiger partial charge in [0, 0.05) is 11.8 Å². The SMILES string of the molecule is CC(C)CCC[C@](C)(O)[C@H]1C(=O)C[C@H]2[C@@H]3CCC4=CC(=O)C=C[C@]4(C)[C@H]3CC[C@@]21C. The molecule has 7 atom stereocenters. The van der Waals surface area contributed by atoms with Gasteiger partial charge in [-0.15, -0.1) is 0 Å². The second-order valence-electron chi connectivity index (χ2n) is 11.9. The van der Waals surface area contributed by atoms with Crippen molar-refractivity contribution in [2.75, 3.05) is 0 Å². The lowest BCUT2D eigenvalue weighted by Crippen LogP contribution is -2.53. The third kappa shape index (κ3) is 3.36. The predicted molar refractivity (Wildman–Crippen MR) is 120 cm³/mol. The van der Waals surface area contributed by atoms with Crippen molar-refractivity contribution in [2.24, 2.45) is 40.4 Å². The van der Waals surface area contributed by atoms with Gasteiger partial charge in [0.15, 0.2) is 5.78 Å². The minimum Gasteiger partial charge on any atom is -0.389 e. The fourth-order valence-corrected chi connectivity index (χ4v) is 8.06. The standard InChI is InChI=1S/C27H40O3/c1-17(2)7-6-12-27(5,30)24-23(29)16-22-20-9-8-18-15-19(28)10-13-25(18,3)21(20)11-14-26(22,24)4/h10,13,15,17,20-22,24,30H,6-9,11-12,14,16H2,1-5H3/t20-,21+,22+,24+,25+,26+,27+/m1/s1. The largest absolute Gasteiger partial charge is 0.389 e.